The van der Waals surface area contributed by atoms with Crippen molar-refractivity contribution in [1.82, 2.24) is 0 Å². The van der Waals surface area contributed by atoms with Crippen LogP contribution in [0.2, 0.25) is 0 Å². The number of rotatable bonds is 1. The molecule has 1 aliphatic rings. The van der Waals surface area contributed by atoms with E-state index in [1.54, 1.807) is 0 Å². The number of aryl methyl sites for hydroxylation is 2. The van der Waals surface area contributed by atoms with Gasteiger partial charge < -0.3 is 4.74 Å². The fraction of sp³-hybridized carbons (Fsp3) is 0.417. The fourth-order valence-electron chi connectivity index (χ4n) is 1.84. The minimum atomic E-state index is -0.370. The van der Waals surface area contributed by atoms with E-state index in [0.717, 1.165) is 5.56 Å². The number of nitriles is 1. The first-order valence-electron chi connectivity index (χ1n) is 4.73. The van der Waals surface area contributed by atoms with Crippen LogP contribution in [-0.2, 0) is 10.3 Å². The molecule has 2 nitrogen and oxygen atoms in total. The van der Waals surface area contributed by atoms with Crippen LogP contribution in [0.1, 0.15) is 23.6 Å². The zero-order valence-corrected chi connectivity index (χ0v) is 8.66. The van der Waals surface area contributed by atoms with E-state index in [0.29, 0.717) is 0 Å². The van der Waals surface area contributed by atoms with Crippen molar-refractivity contribution < 1.29 is 4.74 Å². The lowest BCUT2D eigenvalue weighted by Gasteiger charge is -2.10. The Morgan fingerprint density at radius 1 is 1.43 bits per heavy atom. The fourth-order valence-corrected chi connectivity index (χ4v) is 1.84. The Bertz CT molecular complexity index is 419. The molecule has 1 heterocycles. The second-order valence-electron chi connectivity index (χ2n) is 4.05. The first-order valence-corrected chi connectivity index (χ1v) is 4.73. The van der Waals surface area contributed by atoms with Gasteiger partial charge in [0, 0.05) is 0 Å². The average Bonchev–Trinajstić information content (AvgIpc) is 2.83. The number of benzene rings is 1. The van der Waals surface area contributed by atoms with Crippen LogP contribution < -0.4 is 0 Å². The van der Waals surface area contributed by atoms with Gasteiger partial charge in [-0.2, -0.15) is 5.26 Å². The summed E-state index contributed by atoms with van der Waals surface area (Å²) in [6.45, 7) is 6.08. The molecule has 0 aliphatic carbocycles. The maximum Gasteiger partial charge on any atom is 0.178 e. The smallest absolute Gasteiger partial charge is 0.178 e. The van der Waals surface area contributed by atoms with E-state index in [1.807, 2.05) is 6.92 Å². The van der Waals surface area contributed by atoms with Gasteiger partial charge in [0.25, 0.3) is 0 Å². The highest BCUT2D eigenvalue weighted by Gasteiger charge is 2.54. The van der Waals surface area contributed by atoms with Crippen molar-refractivity contribution in [2.75, 3.05) is 0 Å². The third kappa shape index (κ3) is 1.21. The molecule has 1 aromatic carbocycles. The number of nitrogens with zero attached hydrogens (tertiary/aromatic N) is 1. The van der Waals surface area contributed by atoms with Crippen molar-refractivity contribution in [1.29, 1.82) is 5.26 Å². The summed E-state index contributed by atoms with van der Waals surface area (Å²) in [6.07, 6.45) is -0.275. The molecule has 72 valence electrons. The lowest BCUT2D eigenvalue weighted by atomic mass is 9.92. The summed E-state index contributed by atoms with van der Waals surface area (Å²) in [5.41, 5.74) is 3.17. The van der Waals surface area contributed by atoms with Crippen LogP contribution in [-0.4, -0.2) is 6.10 Å². The third-order valence-corrected chi connectivity index (χ3v) is 2.85. The van der Waals surface area contributed by atoms with Crippen LogP contribution in [0.5, 0.6) is 0 Å². The quantitative estimate of drug-likeness (QED) is 0.633. The largest absolute Gasteiger partial charge is 0.345 e. The van der Waals surface area contributed by atoms with Crippen molar-refractivity contribution in [3.63, 3.8) is 0 Å². The van der Waals surface area contributed by atoms with Gasteiger partial charge in [0.2, 0.25) is 0 Å². The van der Waals surface area contributed by atoms with Gasteiger partial charge in [-0.3, -0.25) is 0 Å². The van der Waals surface area contributed by atoms with Gasteiger partial charge in [-0.15, -0.1) is 0 Å². The molecule has 2 atom stereocenters. The van der Waals surface area contributed by atoms with Crippen molar-refractivity contribution in [3.8, 4) is 6.07 Å². The molecule has 2 rings (SSSR count). The average molecular weight is 187 g/mol. The highest BCUT2D eigenvalue weighted by molar-refractivity contribution is 5.40. The molecule has 1 aromatic rings. The highest BCUT2D eigenvalue weighted by Crippen LogP contribution is 2.46. The number of epoxide rings is 1. The van der Waals surface area contributed by atoms with Gasteiger partial charge >= 0.3 is 0 Å². The number of hydrogen-bond donors (Lipinski definition) is 0. The Balaban J connectivity index is 2.44. The van der Waals surface area contributed by atoms with Crippen molar-refractivity contribution in [2.45, 2.75) is 32.5 Å². The van der Waals surface area contributed by atoms with Crippen LogP contribution >= 0.6 is 0 Å². The maximum atomic E-state index is 8.79. The lowest BCUT2D eigenvalue weighted by molar-refractivity contribution is 0.320. The normalized spacial score (nSPS) is 29.7. The Morgan fingerprint density at radius 3 is 2.71 bits per heavy atom. The molecule has 1 fully saturated rings. The predicted octanol–water partition coefficient (Wildman–Crippen LogP) is 2.44. The number of hydrogen-bond acceptors (Lipinski definition) is 2. The van der Waals surface area contributed by atoms with Gasteiger partial charge in [-0.1, -0.05) is 23.8 Å². The Hall–Kier alpha value is -1.33. The van der Waals surface area contributed by atoms with E-state index < -0.39 is 0 Å². The van der Waals surface area contributed by atoms with Crippen LogP contribution in [0.15, 0.2) is 18.2 Å². The minimum Gasteiger partial charge on any atom is -0.345 e. The van der Waals surface area contributed by atoms with Gasteiger partial charge in [0.15, 0.2) is 6.10 Å². The zero-order valence-electron chi connectivity index (χ0n) is 8.66. The second-order valence-corrected chi connectivity index (χ2v) is 4.05. The molecule has 0 amide bonds. The van der Waals surface area contributed by atoms with Gasteiger partial charge in [-0.25, -0.2) is 0 Å². The van der Waals surface area contributed by atoms with Gasteiger partial charge in [-0.05, 0) is 31.9 Å². The summed E-state index contributed by atoms with van der Waals surface area (Å²) in [5.74, 6) is 0. The van der Waals surface area contributed by atoms with E-state index in [1.165, 1.54) is 11.1 Å². The highest BCUT2D eigenvalue weighted by atomic mass is 16.6. The SMILES string of the molecule is Cc1ccc(C)c(C2(C)OC2C#N)c1. The molecular weight excluding hydrogens is 174 g/mol. The third-order valence-electron chi connectivity index (χ3n) is 2.85. The van der Waals surface area contributed by atoms with Crippen molar-refractivity contribution in [3.05, 3.63) is 34.9 Å². The van der Waals surface area contributed by atoms with Gasteiger partial charge in [0.1, 0.15) is 5.60 Å². The second kappa shape index (κ2) is 2.83. The van der Waals surface area contributed by atoms with Crippen molar-refractivity contribution >= 4 is 0 Å². The topological polar surface area (TPSA) is 36.3 Å². The molecule has 2 unspecified atom stereocenters. The summed E-state index contributed by atoms with van der Waals surface area (Å²) in [4.78, 5) is 0. The Morgan fingerprint density at radius 2 is 2.14 bits per heavy atom. The summed E-state index contributed by atoms with van der Waals surface area (Å²) < 4.78 is 5.41. The van der Waals surface area contributed by atoms with Crippen LogP contribution in [0, 0.1) is 25.2 Å². The molecule has 0 N–H and O–H groups in total. The first-order chi connectivity index (χ1) is 6.58. The van der Waals surface area contributed by atoms with E-state index in [9.17, 15) is 0 Å². The molecule has 0 radical (unpaired) electrons. The number of ether oxygens (including phenoxy) is 1. The molecule has 1 saturated heterocycles. The van der Waals surface area contributed by atoms with Crippen LogP contribution in [0.3, 0.4) is 0 Å². The Kier molecular flexibility index (Phi) is 1.87. The van der Waals surface area contributed by atoms with E-state index in [4.69, 9.17) is 10.00 Å². The van der Waals surface area contributed by atoms with E-state index in [-0.39, 0.29) is 11.7 Å². The molecule has 0 aromatic heterocycles. The standard InChI is InChI=1S/C12H13NO/c1-8-4-5-9(2)10(6-8)12(3)11(7-13)14-12/h4-6,11H,1-3H3. The monoisotopic (exact) mass is 187 g/mol. The molecule has 1 aliphatic heterocycles. The summed E-state index contributed by atoms with van der Waals surface area (Å²) in [6, 6.07) is 8.41. The molecule has 0 bridgehead atoms. The minimum absolute atomic E-state index is 0.275. The van der Waals surface area contributed by atoms with Crippen LogP contribution in [0.4, 0.5) is 0 Å². The van der Waals surface area contributed by atoms with Gasteiger partial charge in [0.05, 0.1) is 6.07 Å². The first kappa shape index (κ1) is 9.23. The molecule has 14 heavy (non-hydrogen) atoms. The van der Waals surface area contributed by atoms with E-state index in [2.05, 4.69) is 38.1 Å². The maximum absolute atomic E-state index is 8.79. The molecule has 0 saturated carbocycles. The van der Waals surface area contributed by atoms with Crippen LogP contribution in [0.25, 0.3) is 0 Å². The zero-order chi connectivity index (χ0) is 10.3. The predicted molar refractivity (Wildman–Crippen MR) is 53.8 cm³/mol. The molecule has 0 spiro atoms. The summed E-state index contributed by atoms with van der Waals surface area (Å²) >= 11 is 0. The summed E-state index contributed by atoms with van der Waals surface area (Å²) in [5, 5.41) is 8.79. The Labute approximate surface area is 84.1 Å². The lowest BCUT2D eigenvalue weighted by Crippen LogP contribution is -2.08. The molecular formula is C12H13NO. The molecule has 2 heteroatoms. The summed E-state index contributed by atoms with van der Waals surface area (Å²) in [7, 11) is 0. The van der Waals surface area contributed by atoms with E-state index >= 15 is 0 Å². The van der Waals surface area contributed by atoms with Crippen molar-refractivity contribution in [2.24, 2.45) is 0 Å².